The minimum absolute atomic E-state index is 0.0320. The summed E-state index contributed by atoms with van der Waals surface area (Å²) in [5.74, 6) is 1.31. The average Bonchev–Trinajstić information content (AvgIpc) is 4.18. The van der Waals surface area contributed by atoms with Crippen LogP contribution in [0, 0.1) is 71.0 Å². The smallest absolute Gasteiger partial charge is 0.297 e. The molecule has 12 rings (SSSR count). The summed E-state index contributed by atoms with van der Waals surface area (Å²) < 4.78 is 78.5. The van der Waals surface area contributed by atoms with Crippen molar-refractivity contribution in [2.45, 2.75) is 178 Å². The number of benzene rings is 2. The highest BCUT2D eigenvalue weighted by Gasteiger charge is 2.82. The number of epoxide rings is 2. The Balaban J connectivity index is 0.000000152. The van der Waals surface area contributed by atoms with Gasteiger partial charge in [0.1, 0.15) is 0 Å². The lowest BCUT2D eigenvalue weighted by Gasteiger charge is -2.60. The Hall–Kier alpha value is -3.66. The zero-order chi connectivity index (χ0) is 49.9. The molecule has 0 spiro atoms. The first-order chi connectivity index (χ1) is 32.8. The van der Waals surface area contributed by atoms with E-state index in [1.807, 2.05) is 26.0 Å². The number of aryl methyl sites for hydroxylation is 2. The van der Waals surface area contributed by atoms with Gasteiger partial charge in [-0.05, 0) is 175 Å². The largest absolute Gasteiger partial charge is 0.357 e. The molecule has 6 saturated carbocycles. The number of ether oxygens (including phenoxy) is 2. The van der Waals surface area contributed by atoms with Crippen LogP contribution in [0.3, 0.4) is 0 Å². The first-order valence-corrected chi connectivity index (χ1v) is 28.5. The van der Waals surface area contributed by atoms with Crippen molar-refractivity contribution in [1.29, 1.82) is 0 Å². The number of rotatable bonds is 8. The van der Waals surface area contributed by atoms with E-state index in [9.17, 15) is 36.0 Å². The molecular weight excluding hydrogens is 929 g/mol. The van der Waals surface area contributed by atoms with Gasteiger partial charge in [0.25, 0.3) is 20.2 Å². The van der Waals surface area contributed by atoms with E-state index in [1.54, 1.807) is 62.4 Å². The van der Waals surface area contributed by atoms with Gasteiger partial charge >= 0.3 is 0 Å². The van der Waals surface area contributed by atoms with Gasteiger partial charge in [0.15, 0.2) is 34.3 Å². The van der Waals surface area contributed by atoms with Crippen LogP contribution in [0.2, 0.25) is 0 Å². The van der Waals surface area contributed by atoms with E-state index in [0.717, 1.165) is 60.8 Å². The van der Waals surface area contributed by atoms with Gasteiger partial charge in [-0.2, -0.15) is 16.8 Å². The predicted molar refractivity (Wildman–Crippen MR) is 258 cm³/mol. The van der Waals surface area contributed by atoms with Gasteiger partial charge in [0.2, 0.25) is 0 Å². The lowest BCUT2D eigenvalue weighted by atomic mass is 9.45. The molecule has 0 N–H and O–H groups in total. The van der Waals surface area contributed by atoms with Crippen LogP contribution in [0.25, 0.3) is 0 Å². The third kappa shape index (κ3) is 6.83. The monoisotopic (exact) mass is 996 g/mol. The Kier molecular flexibility index (Phi) is 11.1. The Morgan fingerprint density at radius 2 is 0.929 bits per heavy atom. The van der Waals surface area contributed by atoms with Crippen molar-refractivity contribution in [3.63, 3.8) is 0 Å². The van der Waals surface area contributed by atoms with Gasteiger partial charge in [-0.25, -0.2) is 0 Å². The molecule has 2 saturated heterocycles. The molecule has 16 atom stereocenters. The number of allylic oxidation sites excluding steroid dienone is 2. The number of fused-ring (bicyclic) bond motifs is 14. The molecule has 2 aromatic rings. The maximum absolute atomic E-state index is 13.5. The van der Waals surface area contributed by atoms with Crippen molar-refractivity contribution in [3.05, 3.63) is 83.0 Å². The van der Waals surface area contributed by atoms with Gasteiger partial charge in [0, 0.05) is 23.7 Å². The molecular formula is C56H68O12S2. The fourth-order valence-corrected chi connectivity index (χ4v) is 19.6. The van der Waals surface area contributed by atoms with Crippen molar-refractivity contribution in [2.24, 2.45) is 57.2 Å². The number of hydrogen-bond acceptors (Lipinski definition) is 12. The maximum atomic E-state index is 13.5. The quantitative estimate of drug-likeness (QED) is 0.181. The molecule has 0 unspecified atom stereocenters. The second-order valence-corrected chi connectivity index (χ2v) is 27.2. The fraction of sp³-hybridized carbons (Fsp3) is 0.643. The summed E-state index contributed by atoms with van der Waals surface area (Å²) >= 11 is 0. The molecule has 0 aromatic heterocycles. The molecule has 2 aromatic carbocycles. The van der Waals surface area contributed by atoms with Crippen LogP contribution in [0.15, 0.2) is 81.6 Å². The van der Waals surface area contributed by atoms with Gasteiger partial charge < -0.3 is 9.47 Å². The molecule has 12 nitrogen and oxygen atoms in total. The highest BCUT2D eigenvalue weighted by atomic mass is 32.2. The third-order valence-electron chi connectivity index (χ3n) is 20.8. The van der Waals surface area contributed by atoms with Crippen LogP contribution >= 0.6 is 0 Å². The highest BCUT2D eigenvalue weighted by Crippen LogP contribution is 2.75. The Morgan fingerprint density at radius 1 is 0.571 bits per heavy atom. The number of hydrogen-bond donors (Lipinski definition) is 0. The average molecular weight is 997 g/mol. The number of Topliss-reactive ketones (excluding diaryl/α,β-unsaturated/α-hetero) is 2. The van der Waals surface area contributed by atoms with Crippen molar-refractivity contribution in [2.75, 3.05) is 0 Å². The zero-order valence-electron chi connectivity index (χ0n) is 41.7. The van der Waals surface area contributed by atoms with Crippen molar-refractivity contribution >= 4 is 43.4 Å². The van der Waals surface area contributed by atoms with E-state index in [0.29, 0.717) is 38.5 Å². The van der Waals surface area contributed by atoms with Gasteiger partial charge in [-0.3, -0.25) is 27.5 Å². The first kappa shape index (κ1) is 48.6. The Morgan fingerprint density at radius 3 is 1.27 bits per heavy atom. The lowest BCUT2D eigenvalue weighted by Crippen LogP contribution is -2.60. The second-order valence-electron chi connectivity index (χ2n) is 24.1. The van der Waals surface area contributed by atoms with Gasteiger partial charge in [-0.1, -0.05) is 74.2 Å². The first-order valence-electron chi connectivity index (χ1n) is 25.7. The minimum atomic E-state index is -4.01. The molecule has 70 heavy (non-hydrogen) atoms. The summed E-state index contributed by atoms with van der Waals surface area (Å²) in [5, 5.41) is 0. The van der Waals surface area contributed by atoms with E-state index in [2.05, 4.69) is 27.7 Å². The van der Waals surface area contributed by atoms with E-state index < -0.39 is 54.5 Å². The summed E-state index contributed by atoms with van der Waals surface area (Å²) in [4.78, 5) is 50.6. The van der Waals surface area contributed by atoms with Crippen LogP contribution in [-0.4, -0.2) is 75.6 Å². The zero-order valence-corrected chi connectivity index (χ0v) is 43.4. The van der Waals surface area contributed by atoms with E-state index >= 15 is 0 Å². The molecule has 8 fully saturated rings. The molecule has 0 radical (unpaired) electrons. The SMILES string of the molecule is CC(=O)[C@@]12O[C@@H]1C[C@H]1[C@@H]3CCC4=CC(=O)CC[C@]4(C)[C@H]3[C@H](OS(=O)(=O)c3ccc(C)cc3)C[C@@]12C.CC(=O)[C@@]12O[C@@H]1C[C@H]1[C@@H]3CCC4=CC(=O)CC[C@]4(C)[C@H]3[C@H](OS(=O)(=O)c3ccc(C)cc3)C[C@@]12C. The van der Waals surface area contributed by atoms with Crippen molar-refractivity contribution in [1.82, 2.24) is 0 Å². The summed E-state index contributed by atoms with van der Waals surface area (Å²) in [6, 6.07) is 13.5. The molecule has 10 aliphatic rings. The second kappa shape index (κ2) is 15.9. The fourth-order valence-electron chi connectivity index (χ4n) is 17.4. The third-order valence-corrected chi connectivity index (χ3v) is 23.5. The minimum Gasteiger partial charge on any atom is -0.357 e. The molecule has 2 heterocycles. The highest BCUT2D eigenvalue weighted by molar-refractivity contribution is 7.87. The summed E-state index contributed by atoms with van der Waals surface area (Å²) in [5.41, 5.74) is 1.07. The van der Waals surface area contributed by atoms with E-state index in [-0.39, 0.29) is 91.5 Å². The number of carbonyl (C=O) groups is 4. The number of carbonyl (C=O) groups excluding carboxylic acids is 4. The maximum Gasteiger partial charge on any atom is 0.297 e. The molecule has 8 aliphatic carbocycles. The van der Waals surface area contributed by atoms with Crippen LogP contribution in [0.4, 0.5) is 0 Å². The van der Waals surface area contributed by atoms with E-state index in [1.165, 1.54) is 0 Å². The molecule has 2 aliphatic heterocycles. The van der Waals surface area contributed by atoms with Crippen LogP contribution < -0.4 is 0 Å². The van der Waals surface area contributed by atoms with Gasteiger partial charge in [0.05, 0.1) is 34.2 Å². The Labute approximate surface area is 413 Å². The Bertz CT molecular complexity index is 2690. The topological polar surface area (TPSA) is 180 Å². The predicted octanol–water partition coefficient (Wildman–Crippen LogP) is 9.09. The van der Waals surface area contributed by atoms with Crippen LogP contribution in [0.1, 0.15) is 130 Å². The van der Waals surface area contributed by atoms with Crippen molar-refractivity contribution in [3.8, 4) is 0 Å². The molecule has 376 valence electrons. The molecule has 0 bridgehead atoms. The van der Waals surface area contributed by atoms with Crippen LogP contribution in [0.5, 0.6) is 0 Å². The van der Waals surface area contributed by atoms with E-state index in [4.69, 9.17) is 17.8 Å². The van der Waals surface area contributed by atoms with Crippen LogP contribution in [-0.2, 0) is 57.3 Å². The normalized spacial score (nSPS) is 43.9. The lowest BCUT2D eigenvalue weighted by molar-refractivity contribution is -0.153. The summed E-state index contributed by atoms with van der Waals surface area (Å²) in [7, 11) is -8.03. The number of ketones is 4. The summed E-state index contributed by atoms with van der Waals surface area (Å²) in [6.07, 6.45) is 10.7. The molecule has 14 heteroatoms. The molecule has 0 amide bonds. The standard InChI is InChI=1S/2C28H34O6S/c2*1-16-5-8-20(9-6-16)35(31,32)34-23-15-27(4)22(14-24-28(27,33-24)17(2)29)21-10-7-18-13-19(30)11-12-26(18,3)25(21)23/h2*5-6,8-9,13,21-25H,7,10-12,14-15H2,1-4H3/t2*21-,22-,23+,24+,25+,26-,27-,28+/m00/s1. The van der Waals surface area contributed by atoms with Gasteiger partial charge in [-0.15, -0.1) is 0 Å². The van der Waals surface area contributed by atoms with Crippen molar-refractivity contribution < 1.29 is 53.9 Å². The summed E-state index contributed by atoms with van der Waals surface area (Å²) in [6.45, 7) is 15.7.